The molecular formula is C26H49N3O5S2. The van der Waals surface area contributed by atoms with Gasteiger partial charge in [-0.1, -0.05) is 70.9 Å². The lowest BCUT2D eigenvalue weighted by atomic mass is 9.93. The molecule has 0 aliphatic carbocycles. The number of hydrogen-bond acceptors (Lipinski definition) is 6. The Morgan fingerprint density at radius 1 is 0.889 bits per heavy atom. The Bertz CT molecular complexity index is 814. The van der Waals surface area contributed by atoms with E-state index in [1.165, 1.54) is 69.7 Å². The molecule has 0 aromatic carbocycles. The van der Waals surface area contributed by atoms with E-state index in [1.807, 2.05) is 4.72 Å². The van der Waals surface area contributed by atoms with Crippen LogP contribution < -0.4 is 15.4 Å². The third kappa shape index (κ3) is 18.7. The summed E-state index contributed by atoms with van der Waals surface area (Å²) in [6.07, 6.45) is 12.9. The minimum absolute atomic E-state index is 0.206. The number of thioether (sulfide) groups is 1. The topological polar surface area (TPSA) is 121 Å². The van der Waals surface area contributed by atoms with Gasteiger partial charge in [-0.25, -0.2) is 8.42 Å². The number of amides is 3. The van der Waals surface area contributed by atoms with E-state index in [1.54, 1.807) is 0 Å². The first-order valence-corrected chi connectivity index (χ1v) is 16.1. The lowest BCUT2D eigenvalue weighted by molar-refractivity contribution is -0.130. The summed E-state index contributed by atoms with van der Waals surface area (Å²) in [5.74, 6) is 0.690. The van der Waals surface area contributed by atoms with Gasteiger partial charge in [0.15, 0.2) is 0 Å². The molecule has 0 spiro atoms. The van der Waals surface area contributed by atoms with Crippen LogP contribution in [0.5, 0.6) is 0 Å². The van der Waals surface area contributed by atoms with E-state index in [-0.39, 0.29) is 11.7 Å². The van der Waals surface area contributed by atoms with E-state index >= 15 is 0 Å². The highest BCUT2D eigenvalue weighted by Crippen LogP contribution is 2.21. The Balaban J connectivity index is 4.56. The summed E-state index contributed by atoms with van der Waals surface area (Å²) in [6.45, 7) is 11.8. The fraction of sp³-hybridized carbons (Fsp3) is 0.808. The first-order valence-electron chi connectivity index (χ1n) is 13.1. The number of rotatable bonds is 19. The van der Waals surface area contributed by atoms with Crippen LogP contribution in [0.25, 0.3) is 0 Å². The van der Waals surface area contributed by atoms with Crippen LogP contribution in [0, 0.1) is 11.8 Å². The van der Waals surface area contributed by atoms with Gasteiger partial charge in [0, 0.05) is 18.4 Å². The zero-order valence-corrected chi connectivity index (χ0v) is 24.9. The first kappa shape index (κ1) is 34.5. The molecule has 0 aromatic heterocycles. The van der Waals surface area contributed by atoms with Crippen molar-refractivity contribution < 1.29 is 22.8 Å². The molecule has 3 amide bonds. The minimum Gasteiger partial charge on any atom is -0.345 e. The molecule has 4 atom stereocenters. The summed E-state index contributed by atoms with van der Waals surface area (Å²) < 4.78 is 24.9. The molecule has 0 rings (SSSR count). The van der Waals surface area contributed by atoms with Gasteiger partial charge >= 0.3 is 0 Å². The standard InChI is InChI=1S/C26H49N3O5S2/c1-8-11-19(2)12-9-13-20(3)14-10-15-21(4)16-17-35-18-24(26(32)29-36(7,33)34)28-25(31)22(5)27-23(6)30/h16,19-20,22,24H,8-15,17-18H2,1-7H3,(H,27,30)(H,28,31)(H,29,32). The van der Waals surface area contributed by atoms with Crippen LogP contribution in [0.4, 0.5) is 0 Å². The van der Waals surface area contributed by atoms with Gasteiger partial charge in [0.2, 0.25) is 21.8 Å². The summed E-state index contributed by atoms with van der Waals surface area (Å²) in [5, 5.41) is 4.99. The van der Waals surface area contributed by atoms with Crippen molar-refractivity contribution in [2.24, 2.45) is 11.8 Å². The van der Waals surface area contributed by atoms with E-state index in [4.69, 9.17) is 0 Å². The van der Waals surface area contributed by atoms with Gasteiger partial charge in [0.05, 0.1) is 6.26 Å². The number of allylic oxidation sites excluding steroid dienone is 1. The van der Waals surface area contributed by atoms with Crippen LogP contribution in [-0.2, 0) is 24.4 Å². The third-order valence-electron chi connectivity index (χ3n) is 6.01. The average molecular weight is 548 g/mol. The van der Waals surface area contributed by atoms with E-state index in [0.717, 1.165) is 30.9 Å². The molecule has 3 N–H and O–H groups in total. The molecule has 4 unspecified atom stereocenters. The van der Waals surface area contributed by atoms with Gasteiger partial charge in [0.1, 0.15) is 12.1 Å². The Labute approximate surface area is 223 Å². The van der Waals surface area contributed by atoms with E-state index in [2.05, 4.69) is 44.4 Å². The van der Waals surface area contributed by atoms with E-state index in [9.17, 15) is 22.8 Å². The molecule has 0 aliphatic heterocycles. The molecule has 0 heterocycles. The van der Waals surface area contributed by atoms with Crippen molar-refractivity contribution in [2.45, 2.75) is 105 Å². The zero-order chi connectivity index (χ0) is 27.7. The van der Waals surface area contributed by atoms with Crippen molar-refractivity contribution in [2.75, 3.05) is 17.8 Å². The van der Waals surface area contributed by atoms with Crippen molar-refractivity contribution in [3.8, 4) is 0 Å². The maximum absolute atomic E-state index is 12.4. The molecule has 0 fully saturated rings. The predicted molar refractivity (Wildman–Crippen MR) is 150 cm³/mol. The van der Waals surface area contributed by atoms with E-state index in [0.29, 0.717) is 5.75 Å². The van der Waals surface area contributed by atoms with Gasteiger partial charge in [-0.05, 0) is 38.5 Å². The van der Waals surface area contributed by atoms with Gasteiger partial charge in [-0.15, -0.1) is 0 Å². The van der Waals surface area contributed by atoms with Crippen molar-refractivity contribution >= 4 is 39.5 Å². The average Bonchev–Trinajstić information content (AvgIpc) is 2.74. The van der Waals surface area contributed by atoms with Crippen LogP contribution in [0.2, 0.25) is 0 Å². The number of sulfonamides is 1. The molecule has 36 heavy (non-hydrogen) atoms. The van der Waals surface area contributed by atoms with Gasteiger partial charge in [0.25, 0.3) is 5.91 Å². The monoisotopic (exact) mass is 547 g/mol. The van der Waals surface area contributed by atoms with Gasteiger partial charge < -0.3 is 10.6 Å². The summed E-state index contributed by atoms with van der Waals surface area (Å²) in [7, 11) is -3.76. The normalized spacial score (nSPS) is 15.5. The smallest absolute Gasteiger partial charge is 0.256 e. The molecule has 10 heteroatoms. The molecule has 210 valence electrons. The minimum atomic E-state index is -3.76. The first-order chi connectivity index (χ1) is 16.7. The van der Waals surface area contributed by atoms with Crippen LogP contribution in [0.1, 0.15) is 92.9 Å². The lowest BCUT2D eigenvalue weighted by Crippen LogP contribution is -2.54. The highest BCUT2D eigenvalue weighted by Gasteiger charge is 2.25. The predicted octanol–water partition coefficient (Wildman–Crippen LogP) is 4.16. The molecule has 0 saturated carbocycles. The van der Waals surface area contributed by atoms with Crippen molar-refractivity contribution in [3.05, 3.63) is 11.6 Å². The summed E-state index contributed by atoms with van der Waals surface area (Å²) in [6, 6.07) is -1.88. The fourth-order valence-corrected chi connectivity index (χ4v) is 5.44. The highest BCUT2D eigenvalue weighted by molar-refractivity contribution is 7.99. The van der Waals surface area contributed by atoms with Gasteiger partial charge in [-0.3, -0.25) is 19.1 Å². The maximum atomic E-state index is 12.4. The highest BCUT2D eigenvalue weighted by atomic mass is 32.2. The second-order valence-electron chi connectivity index (χ2n) is 10.1. The molecular weight excluding hydrogens is 498 g/mol. The molecule has 0 aliphatic rings. The Kier molecular flexibility index (Phi) is 17.9. The van der Waals surface area contributed by atoms with Crippen LogP contribution in [0.3, 0.4) is 0 Å². The fourth-order valence-electron chi connectivity index (χ4n) is 3.92. The number of carbonyl (C=O) groups is 3. The van der Waals surface area contributed by atoms with Crippen LogP contribution in [-0.4, -0.2) is 56.0 Å². The lowest BCUT2D eigenvalue weighted by Gasteiger charge is -2.20. The summed E-state index contributed by atoms with van der Waals surface area (Å²) in [4.78, 5) is 35.9. The third-order valence-corrected chi connectivity index (χ3v) is 7.55. The van der Waals surface area contributed by atoms with Gasteiger partial charge in [-0.2, -0.15) is 11.8 Å². The quantitative estimate of drug-likeness (QED) is 0.165. The number of nitrogens with one attached hydrogen (secondary N) is 3. The Hall–Kier alpha value is -1.55. The molecule has 0 radical (unpaired) electrons. The SMILES string of the molecule is CCCC(C)CCCC(C)CCCC(C)=CCSCC(NC(=O)C(C)NC(C)=O)C(=O)NS(C)(=O)=O. The number of hydrogen-bond donors (Lipinski definition) is 3. The Morgan fingerprint density at radius 2 is 1.47 bits per heavy atom. The molecule has 0 saturated heterocycles. The maximum Gasteiger partial charge on any atom is 0.256 e. The van der Waals surface area contributed by atoms with Crippen molar-refractivity contribution in [1.82, 2.24) is 15.4 Å². The molecule has 0 bridgehead atoms. The second kappa shape index (κ2) is 18.7. The largest absolute Gasteiger partial charge is 0.345 e. The Morgan fingerprint density at radius 3 is 2.03 bits per heavy atom. The summed E-state index contributed by atoms with van der Waals surface area (Å²) >= 11 is 1.43. The molecule has 0 aromatic rings. The summed E-state index contributed by atoms with van der Waals surface area (Å²) in [5.41, 5.74) is 1.28. The van der Waals surface area contributed by atoms with E-state index < -0.39 is 33.9 Å². The van der Waals surface area contributed by atoms with Crippen LogP contribution in [0.15, 0.2) is 11.6 Å². The second-order valence-corrected chi connectivity index (χ2v) is 13.0. The van der Waals surface area contributed by atoms with Crippen LogP contribution >= 0.6 is 11.8 Å². The molecule has 8 nitrogen and oxygen atoms in total. The zero-order valence-electron chi connectivity index (χ0n) is 23.3. The van der Waals surface area contributed by atoms with Crippen molar-refractivity contribution in [3.63, 3.8) is 0 Å². The van der Waals surface area contributed by atoms with Crippen molar-refractivity contribution in [1.29, 1.82) is 0 Å². The number of carbonyl (C=O) groups excluding carboxylic acids is 3.